The second-order valence-electron chi connectivity index (χ2n) is 3.30. The van der Waals surface area contributed by atoms with E-state index >= 15 is 0 Å². The summed E-state index contributed by atoms with van der Waals surface area (Å²) in [6.45, 7) is 4.87. The number of aromatic nitrogens is 1. The number of nitrogens with two attached hydrogens (primary N) is 1. The van der Waals surface area contributed by atoms with Crippen molar-refractivity contribution in [2.45, 2.75) is 18.1 Å². The molecule has 0 atom stereocenters. The fourth-order valence-electron chi connectivity index (χ4n) is 0.764. The van der Waals surface area contributed by atoms with Crippen molar-refractivity contribution < 1.29 is 8.42 Å². The molecule has 3 N–H and O–H groups in total. The van der Waals surface area contributed by atoms with E-state index in [-0.39, 0.29) is 4.21 Å². The van der Waals surface area contributed by atoms with Gasteiger partial charge in [-0.05, 0) is 5.92 Å². The summed E-state index contributed by atoms with van der Waals surface area (Å²) in [6, 6.07) is 0. The van der Waals surface area contributed by atoms with Gasteiger partial charge in [0.05, 0.1) is 6.20 Å². The van der Waals surface area contributed by atoms with Gasteiger partial charge < -0.3 is 5.32 Å². The molecule has 0 radical (unpaired) electrons. The Bertz CT molecular complexity index is 397. The van der Waals surface area contributed by atoms with Crippen molar-refractivity contribution >= 4 is 26.5 Å². The molecule has 0 aliphatic rings. The van der Waals surface area contributed by atoms with Crippen LogP contribution in [0.25, 0.3) is 0 Å². The highest BCUT2D eigenvalue weighted by Gasteiger charge is 2.12. The lowest BCUT2D eigenvalue weighted by Crippen LogP contribution is -2.10. The molecule has 80 valence electrons. The number of thiazole rings is 1. The van der Waals surface area contributed by atoms with E-state index in [4.69, 9.17) is 5.14 Å². The monoisotopic (exact) mass is 235 g/mol. The first-order valence-corrected chi connectivity index (χ1v) is 6.48. The summed E-state index contributed by atoms with van der Waals surface area (Å²) in [5.41, 5.74) is 0. The topological polar surface area (TPSA) is 85.1 Å². The van der Waals surface area contributed by atoms with Gasteiger partial charge in [0.2, 0.25) is 10.0 Å². The number of nitrogens with zero attached hydrogens (tertiary/aromatic N) is 1. The van der Waals surface area contributed by atoms with Crippen LogP contribution in [0.4, 0.5) is 5.13 Å². The summed E-state index contributed by atoms with van der Waals surface area (Å²) in [4.78, 5) is 3.90. The second-order valence-corrected chi connectivity index (χ2v) is 6.12. The molecule has 5 nitrogen and oxygen atoms in total. The molecule has 0 aromatic carbocycles. The molecule has 1 rings (SSSR count). The number of hydrogen-bond acceptors (Lipinski definition) is 5. The molecule has 1 heterocycles. The zero-order valence-electron chi connectivity index (χ0n) is 8.02. The van der Waals surface area contributed by atoms with Crippen molar-refractivity contribution in [2.24, 2.45) is 11.1 Å². The van der Waals surface area contributed by atoms with Crippen molar-refractivity contribution in [1.82, 2.24) is 4.98 Å². The standard InChI is InChI=1S/C7H13N3O2S2/c1-5(2)3-9-7-10-4-6(13-7)14(8,11)12/h4-5H,3H2,1-2H3,(H,9,10)(H2,8,11,12). The van der Waals surface area contributed by atoms with Crippen LogP contribution in [0.15, 0.2) is 10.4 Å². The first-order chi connectivity index (χ1) is 6.39. The van der Waals surface area contributed by atoms with Gasteiger partial charge in [0.25, 0.3) is 0 Å². The molecule has 0 saturated heterocycles. The molecule has 0 saturated carbocycles. The summed E-state index contributed by atoms with van der Waals surface area (Å²) in [6.07, 6.45) is 1.27. The van der Waals surface area contributed by atoms with E-state index in [1.165, 1.54) is 6.20 Å². The number of rotatable bonds is 4. The quantitative estimate of drug-likeness (QED) is 0.810. The van der Waals surface area contributed by atoms with E-state index in [1.807, 2.05) is 0 Å². The highest BCUT2D eigenvalue weighted by molar-refractivity contribution is 7.91. The van der Waals surface area contributed by atoms with Crippen LogP contribution in [0, 0.1) is 5.92 Å². The van der Waals surface area contributed by atoms with Crippen molar-refractivity contribution in [3.8, 4) is 0 Å². The Hall–Kier alpha value is -0.660. The molecule has 1 aromatic heterocycles. The maximum Gasteiger partial charge on any atom is 0.249 e. The van der Waals surface area contributed by atoms with Gasteiger partial charge in [0.15, 0.2) is 9.34 Å². The number of nitrogens with one attached hydrogen (secondary N) is 1. The van der Waals surface area contributed by atoms with Gasteiger partial charge in [-0.1, -0.05) is 25.2 Å². The van der Waals surface area contributed by atoms with Crippen LogP contribution in [-0.2, 0) is 10.0 Å². The Morgan fingerprint density at radius 3 is 2.71 bits per heavy atom. The molecule has 7 heteroatoms. The van der Waals surface area contributed by atoms with Gasteiger partial charge in [-0.15, -0.1) is 0 Å². The Labute approximate surface area is 87.4 Å². The number of hydrogen-bond donors (Lipinski definition) is 2. The third-order valence-corrected chi connectivity index (χ3v) is 3.79. The van der Waals surface area contributed by atoms with Crippen molar-refractivity contribution in [2.75, 3.05) is 11.9 Å². The molecule has 0 spiro atoms. The molecular weight excluding hydrogens is 222 g/mol. The molecular formula is C7H13N3O2S2. The normalized spacial score (nSPS) is 12.0. The molecule has 14 heavy (non-hydrogen) atoms. The fourth-order valence-corrected chi connectivity index (χ4v) is 2.22. The lowest BCUT2D eigenvalue weighted by molar-refractivity contribution is 0.599. The summed E-state index contributed by atoms with van der Waals surface area (Å²) in [5, 5.41) is 8.55. The first-order valence-electron chi connectivity index (χ1n) is 4.12. The van der Waals surface area contributed by atoms with Crippen LogP contribution in [0.3, 0.4) is 0 Å². The minimum absolute atomic E-state index is 0.0868. The SMILES string of the molecule is CC(C)CNc1ncc(S(N)(=O)=O)s1. The largest absolute Gasteiger partial charge is 0.361 e. The van der Waals surface area contributed by atoms with Crippen molar-refractivity contribution in [3.05, 3.63) is 6.20 Å². The van der Waals surface area contributed by atoms with Gasteiger partial charge in [0.1, 0.15) is 0 Å². The van der Waals surface area contributed by atoms with E-state index < -0.39 is 10.0 Å². The van der Waals surface area contributed by atoms with E-state index in [1.54, 1.807) is 0 Å². The van der Waals surface area contributed by atoms with Gasteiger partial charge in [0, 0.05) is 6.54 Å². The molecule has 0 bridgehead atoms. The summed E-state index contributed by atoms with van der Waals surface area (Å²) in [7, 11) is -3.60. The zero-order chi connectivity index (χ0) is 10.8. The number of primary sulfonamides is 1. The minimum atomic E-state index is -3.60. The van der Waals surface area contributed by atoms with Crippen LogP contribution in [0.1, 0.15) is 13.8 Å². The van der Waals surface area contributed by atoms with Crippen LogP contribution in [0.5, 0.6) is 0 Å². The number of sulfonamides is 1. The molecule has 0 aliphatic heterocycles. The first kappa shape index (κ1) is 11.4. The summed E-state index contributed by atoms with van der Waals surface area (Å²) >= 11 is 1.05. The smallest absolute Gasteiger partial charge is 0.249 e. The summed E-state index contributed by atoms with van der Waals surface area (Å²) in [5.74, 6) is 0.483. The van der Waals surface area contributed by atoms with Crippen LogP contribution in [-0.4, -0.2) is 19.9 Å². The Kier molecular flexibility index (Phi) is 3.46. The van der Waals surface area contributed by atoms with Crippen LogP contribution < -0.4 is 10.5 Å². The lowest BCUT2D eigenvalue weighted by atomic mass is 10.2. The van der Waals surface area contributed by atoms with Gasteiger partial charge in [-0.3, -0.25) is 0 Å². The highest BCUT2D eigenvalue weighted by atomic mass is 32.2. The fraction of sp³-hybridized carbons (Fsp3) is 0.571. The van der Waals surface area contributed by atoms with E-state index in [0.29, 0.717) is 11.0 Å². The zero-order valence-corrected chi connectivity index (χ0v) is 9.65. The summed E-state index contributed by atoms with van der Waals surface area (Å²) < 4.78 is 21.9. The third-order valence-electron chi connectivity index (χ3n) is 1.43. The van der Waals surface area contributed by atoms with E-state index in [0.717, 1.165) is 17.9 Å². The molecule has 0 amide bonds. The van der Waals surface area contributed by atoms with Crippen LogP contribution >= 0.6 is 11.3 Å². The predicted molar refractivity (Wildman–Crippen MR) is 56.8 cm³/mol. The number of anilines is 1. The average molecular weight is 235 g/mol. The second kappa shape index (κ2) is 4.24. The third kappa shape index (κ3) is 3.24. The van der Waals surface area contributed by atoms with Gasteiger partial charge in [-0.2, -0.15) is 0 Å². The Morgan fingerprint density at radius 1 is 1.64 bits per heavy atom. The molecule has 1 aromatic rings. The Morgan fingerprint density at radius 2 is 2.29 bits per heavy atom. The van der Waals surface area contributed by atoms with Crippen molar-refractivity contribution in [1.29, 1.82) is 0 Å². The highest BCUT2D eigenvalue weighted by Crippen LogP contribution is 2.21. The lowest BCUT2D eigenvalue weighted by Gasteiger charge is -2.04. The predicted octanol–water partition coefficient (Wildman–Crippen LogP) is 0.858. The van der Waals surface area contributed by atoms with Gasteiger partial charge in [-0.25, -0.2) is 18.5 Å². The molecule has 0 unspecified atom stereocenters. The molecule has 0 fully saturated rings. The minimum Gasteiger partial charge on any atom is -0.361 e. The maximum absolute atomic E-state index is 10.9. The van der Waals surface area contributed by atoms with E-state index in [9.17, 15) is 8.42 Å². The Balaban J connectivity index is 2.70. The molecule has 0 aliphatic carbocycles. The average Bonchev–Trinajstić information content (AvgIpc) is 2.47. The van der Waals surface area contributed by atoms with E-state index in [2.05, 4.69) is 24.1 Å². The van der Waals surface area contributed by atoms with Crippen LogP contribution in [0.2, 0.25) is 0 Å². The maximum atomic E-state index is 10.9. The van der Waals surface area contributed by atoms with Crippen molar-refractivity contribution in [3.63, 3.8) is 0 Å². The van der Waals surface area contributed by atoms with Gasteiger partial charge >= 0.3 is 0 Å².